The first-order valence-corrected chi connectivity index (χ1v) is 4.49. The van der Waals surface area contributed by atoms with Crippen LogP contribution in [-0.2, 0) is 9.53 Å². The van der Waals surface area contributed by atoms with Gasteiger partial charge >= 0.3 is 5.97 Å². The number of carbonyl (C=O) groups excluding carboxylic acids is 1. The molecule has 0 aliphatic heterocycles. The number of halogens is 1. The van der Waals surface area contributed by atoms with Gasteiger partial charge in [-0.05, 0) is 26.0 Å². The summed E-state index contributed by atoms with van der Waals surface area (Å²) in [5, 5.41) is 0. The van der Waals surface area contributed by atoms with E-state index in [2.05, 4.69) is 4.74 Å². The average Bonchev–Trinajstić information content (AvgIpc) is 2.20. The van der Waals surface area contributed by atoms with Crippen molar-refractivity contribution < 1.29 is 18.7 Å². The summed E-state index contributed by atoms with van der Waals surface area (Å²) in [6, 6.07) is 5.90. The van der Waals surface area contributed by atoms with Crippen LogP contribution in [0.5, 0.6) is 5.75 Å². The van der Waals surface area contributed by atoms with Crippen molar-refractivity contribution in [2.45, 2.75) is 19.4 Å². The van der Waals surface area contributed by atoms with E-state index >= 15 is 0 Å². The molecule has 1 aromatic rings. The van der Waals surface area contributed by atoms with Crippen molar-refractivity contribution in [1.82, 2.24) is 0 Å². The van der Waals surface area contributed by atoms with Crippen molar-refractivity contribution in [2.24, 2.45) is 0 Å². The molecule has 0 N–H and O–H groups in total. The predicted molar refractivity (Wildman–Crippen MR) is 53.1 cm³/mol. The third-order valence-electron chi connectivity index (χ3n) is 1.88. The summed E-state index contributed by atoms with van der Waals surface area (Å²) >= 11 is 0. The van der Waals surface area contributed by atoms with Crippen LogP contribution >= 0.6 is 0 Å². The standard InChI is InChI=1S/C11H13FO3/c1-11(2,10(13)14-3)15-9-7-5-4-6-8(9)12/h4-7H,1-3H3. The fourth-order valence-corrected chi connectivity index (χ4v) is 1.09. The Hall–Kier alpha value is -1.58. The predicted octanol–water partition coefficient (Wildman–Crippen LogP) is 2.16. The molecule has 0 unspecified atom stereocenters. The van der Waals surface area contributed by atoms with Gasteiger partial charge in [-0.15, -0.1) is 0 Å². The van der Waals surface area contributed by atoms with Gasteiger partial charge in [-0.1, -0.05) is 12.1 Å². The van der Waals surface area contributed by atoms with Gasteiger partial charge in [-0.3, -0.25) is 0 Å². The van der Waals surface area contributed by atoms with Crippen LogP contribution in [0.1, 0.15) is 13.8 Å². The maximum absolute atomic E-state index is 13.2. The molecule has 1 aromatic carbocycles. The van der Waals surface area contributed by atoms with Gasteiger partial charge in [0.2, 0.25) is 0 Å². The first-order chi connectivity index (χ1) is 6.97. The highest BCUT2D eigenvalue weighted by Crippen LogP contribution is 2.22. The third-order valence-corrected chi connectivity index (χ3v) is 1.88. The Morgan fingerprint density at radius 3 is 2.47 bits per heavy atom. The minimum Gasteiger partial charge on any atom is -0.473 e. The van der Waals surface area contributed by atoms with Crippen LogP contribution in [0.3, 0.4) is 0 Å². The number of benzene rings is 1. The molecule has 0 spiro atoms. The number of hydrogen-bond acceptors (Lipinski definition) is 3. The highest BCUT2D eigenvalue weighted by atomic mass is 19.1. The Bertz CT molecular complexity index is 361. The first kappa shape index (κ1) is 11.5. The van der Waals surface area contributed by atoms with E-state index < -0.39 is 17.4 Å². The number of rotatable bonds is 3. The monoisotopic (exact) mass is 212 g/mol. The lowest BCUT2D eigenvalue weighted by Gasteiger charge is -2.23. The third kappa shape index (κ3) is 2.68. The van der Waals surface area contributed by atoms with Gasteiger partial charge in [0.05, 0.1) is 7.11 Å². The van der Waals surface area contributed by atoms with Gasteiger partial charge in [-0.2, -0.15) is 0 Å². The molecule has 4 heteroatoms. The second-order valence-corrected chi connectivity index (χ2v) is 3.53. The Labute approximate surface area is 87.8 Å². The van der Waals surface area contributed by atoms with Crippen molar-refractivity contribution in [3.8, 4) is 5.75 Å². The highest BCUT2D eigenvalue weighted by molar-refractivity contribution is 5.78. The van der Waals surface area contributed by atoms with Crippen LogP contribution in [0.4, 0.5) is 4.39 Å². The maximum atomic E-state index is 13.2. The number of ether oxygens (including phenoxy) is 2. The Morgan fingerprint density at radius 2 is 1.93 bits per heavy atom. The van der Waals surface area contributed by atoms with Crippen molar-refractivity contribution in [3.63, 3.8) is 0 Å². The zero-order chi connectivity index (χ0) is 11.5. The van der Waals surface area contributed by atoms with Gasteiger partial charge in [-0.25, -0.2) is 9.18 Å². The molecule has 0 saturated heterocycles. The zero-order valence-corrected chi connectivity index (χ0v) is 8.91. The number of methoxy groups -OCH3 is 1. The van der Waals surface area contributed by atoms with E-state index in [1.165, 1.54) is 33.1 Å². The fourth-order valence-electron chi connectivity index (χ4n) is 1.09. The lowest BCUT2D eigenvalue weighted by atomic mass is 10.1. The van der Waals surface area contributed by atoms with Gasteiger partial charge < -0.3 is 9.47 Å². The molecule has 0 aromatic heterocycles. The van der Waals surface area contributed by atoms with Crippen molar-refractivity contribution in [1.29, 1.82) is 0 Å². The van der Waals surface area contributed by atoms with Gasteiger partial charge in [0.25, 0.3) is 0 Å². The van der Waals surface area contributed by atoms with Crippen LogP contribution in [0.25, 0.3) is 0 Å². The fraction of sp³-hybridized carbons (Fsp3) is 0.364. The molecule has 1 rings (SSSR count). The Balaban J connectivity index is 2.86. The number of hydrogen-bond donors (Lipinski definition) is 0. The molecule has 0 heterocycles. The Kier molecular flexibility index (Phi) is 3.29. The van der Waals surface area contributed by atoms with Crippen LogP contribution in [-0.4, -0.2) is 18.7 Å². The van der Waals surface area contributed by atoms with E-state index in [9.17, 15) is 9.18 Å². The lowest BCUT2D eigenvalue weighted by molar-refractivity contribution is -0.156. The van der Waals surface area contributed by atoms with E-state index in [1.807, 2.05) is 0 Å². The minimum atomic E-state index is -1.20. The van der Waals surface area contributed by atoms with E-state index in [1.54, 1.807) is 12.1 Å². The summed E-state index contributed by atoms with van der Waals surface area (Å²) in [6.45, 7) is 3.04. The number of para-hydroxylation sites is 1. The number of carbonyl (C=O) groups is 1. The molecule has 0 radical (unpaired) electrons. The summed E-state index contributed by atoms with van der Waals surface area (Å²) in [6.07, 6.45) is 0. The normalized spacial score (nSPS) is 10.9. The molecule has 0 fully saturated rings. The SMILES string of the molecule is COC(=O)C(C)(C)Oc1ccccc1F. The van der Waals surface area contributed by atoms with E-state index in [0.29, 0.717) is 0 Å². The molecular weight excluding hydrogens is 199 g/mol. The van der Waals surface area contributed by atoms with E-state index in [-0.39, 0.29) is 5.75 Å². The van der Waals surface area contributed by atoms with Crippen molar-refractivity contribution >= 4 is 5.97 Å². The van der Waals surface area contributed by atoms with Crippen LogP contribution in [0.2, 0.25) is 0 Å². The second kappa shape index (κ2) is 4.29. The molecule has 15 heavy (non-hydrogen) atoms. The second-order valence-electron chi connectivity index (χ2n) is 3.53. The largest absolute Gasteiger partial charge is 0.473 e. The summed E-state index contributed by atoms with van der Waals surface area (Å²) in [7, 11) is 1.26. The molecule has 3 nitrogen and oxygen atoms in total. The quantitative estimate of drug-likeness (QED) is 0.720. The lowest BCUT2D eigenvalue weighted by Crippen LogP contribution is -2.39. The van der Waals surface area contributed by atoms with Crippen LogP contribution in [0, 0.1) is 5.82 Å². The highest BCUT2D eigenvalue weighted by Gasteiger charge is 2.31. The maximum Gasteiger partial charge on any atom is 0.349 e. The van der Waals surface area contributed by atoms with Crippen molar-refractivity contribution in [3.05, 3.63) is 30.1 Å². The summed E-state index contributed by atoms with van der Waals surface area (Å²) in [4.78, 5) is 11.3. The van der Waals surface area contributed by atoms with E-state index in [0.717, 1.165) is 0 Å². The van der Waals surface area contributed by atoms with Gasteiger partial charge in [0.1, 0.15) is 0 Å². The van der Waals surface area contributed by atoms with Crippen LogP contribution < -0.4 is 4.74 Å². The molecule has 0 atom stereocenters. The van der Waals surface area contributed by atoms with Crippen molar-refractivity contribution in [2.75, 3.05) is 7.11 Å². The molecule has 0 aliphatic carbocycles. The summed E-state index contributed by atoms with van der Waals surface area (Å²) < 4.78 is 23.0. The molecule has 0 amide bonds. The minimum absolute atomic E-state index is 0.0351. The first-order valence-electron chi connectivity index (χ1n) is 4.49. The van der Waals surface area contributed by atoms with Gasteiger partial charge in [0, 0.05) is 0 Å². The molecule has 0 bridgehead atoms. The Morgan fingerprint density at radius 1 is 1.33 bits per heavy atom. The molecule has 82 valence electrons. The average molecular weight is 212 g/mol. The molecule has 0 saturated carbocycles. The smallest absolute Gasteiger partial charge is 0.349 e. The molecular formula is C11H13FO3. The molecule has 0 aliphatic rings. The van der Waals surface area contributed by atoms with Gasteiger partial charge in [0.15, 0.2) is 17.2 Å². The summed E-state index contributed by atoms with van der Waals surface area (Å²) in [5.74, 6) is -1.02. The number of esters is 1. The topological polar surface area (TPSA) is 35.5 Å². The summed E-state index contributed by atoms with van der Waals surface area (Å²) in [5.41, 5.74) is -1.20. The zero-order valence-electron chi connectivity index (χ0n) is 8.91. The van der Waals surface area contributed by atoms with Crippen LogP contribution in [0.15, 0.2) is 24.3 Å². The van der Waals surface area contributed by atoms with E-state index in [4.69, 9.17) is 4.74 Å².